The summed E-state index contributed by atoms with van der Waals surface area (Å²) in [6.07, 6.45) is 0.339. The SMILES string of the molecule is COCCC(=O)C(C)C#N. The first-order chi connectivity index (χ1) is 4.72. The maximum Gasteiger partial charge on any atom is 0.152 e. The fourth-order valence-corrected chi connectivity index (χ4v) is 0.491. The highest BCUT2D eigenvalue weighted by Gasteiger charge is 2.09. The topological polar surface area (TPSA) is 50.1 Å². The lowest BCUT2D eigenvalue weighted by molar-refractivity contribution is -0.121. The second-order valence-electron chi connectivity index (χ2n) is 2.06. The van der Waals surface area contributed by atoms with Crippen molar-refractivity contribution < 1.29 is 9.53 Å². The zero-order valence-corrected chi connectivity index (χ0v) is 6.26. The zero-order chi connectivity index (χ0) is 7.98. The molecule has 56 valence electrons. The molecule has 1 atom stereocenters. The first-order valence-corrected chi connectivity index (χ1v) is 3.13. The number of carbonyl (C=O) groups excluding carboxylic acids is 1. The van der Waals surface area contributed by atoms with Crippen molar-refractivity contribution in [2.75, 3.05) is 13.7 Å². The van der Waals surface area contributed by atoms with Gasteiger partial charge in [0, 0.05) is 13.5 Å². The van der Waals surface area contributed by atoms with Crippen LogP contribution in [-0.2, 0) is 9.53 Å². The van der Waals surface area contributed by atoms with Crippen LogP contribution in [0.1, 0.15) is 13.3 Å². The molecule has 0 rings (SSSR count). The third kappa shape index (κ3) is 3.21. The highest BCUT2D eigenvalue weighted by molar-refractivity contribution is 5.82. The van der Waals surface area contributed by atoms with E-state index in [4.69, 9.17) is 5.26 Å². The molecule has 0 aliphatic carbocycles. The zero-order valence-electron chi connectivity index (χ0n) is 6.26. The van der Waals surface area contributed by atoms with E-state index in [1.807, 2.05) is 6.07 Å². The Morgan fingerprint density at radius 3 is 2.80 bits per heavy atom. The Kier molecular flexibility index (Phi) is 4.51. The molecule has 1 unspecified atom stereocenters. The number of carbonyl (C=O) groups is 1. The number of nitrogens with zero attached hydrogens (tertiary/aromatic N) is 1. The van der Waals surface area contributed by atoms with Crippen LogP contribution in [0.25, 0.3) is 0 Å². The first kappa shape index (κ1) is 9.12. The fraction of sp³-hybridized carbons (Fsp3) is 0.714. The van der Waals surface area contributed by atoms with Crippen molar-refractivity contribution >= 4 is 5.78 Å². The van der Waals surface area contributed by atoms with Gasteiger partial charge in [0.2, 0.25) is 0 Å². The lowest BCUT2D eigenvalue weighted by Crippen LogP contribution is -2.10. The summed E-state index contributed by atoms with van der Waals surface area (Å²) < 4.78 is 4.68. The maximum absolute atomic E-state index is 10.8. The molecule has 0 N–H and O–H groups in total. The van der Waals surface area contributed by atoms with Gasteiger partial charge < -0.3 is 4.74 Å². The maximum atomic E-state index is 10.8. The molecule has 0 aliphatic heterocycles. The quantitative estimate of drug-likeness (QED) is 0.580. The minimum Gasteiger partial charge on any atom is -0.384 e. The summed E-state index contributed by atoms with van der Waals surface area (Å²) in [5, 5.41) is 8.29. The normalized spacial score (nSPS) is 12.1. The van der Waals surface area contributed by atoms with Gasteiger partial charge in [-0.25, -0.2) is 0 Å². The van der Waals surface area contributed by atoms with Crippen molar-refractivity contribution in [3.63, 3.8) is 0 Å². The summed E-state index contributed by atoms with van der Waals surface area (Å²) in [6.45, 7) is 2.00. The number of ether oxygens (including phenoxy) is 1. The molecule has 0 saturated heterocycles. The van der Waals surface area contributed by atoms with Crippen molar-refractivity contribution in [1.29, 1.82) is 5.26 Å². The van der Waals surface area contributed by atoms with Crippen LogP contribution in [0.4, 0.5) is 0 Å². The lowest BCUT2D eigenvalue weighted by atomic mass is 10.1. The van der Waals surface area contributed by atoms with E-state index in [0.717, 1.165) is 0 Å². The molecule has 3 heteroatoms. The third-order valence-corrected chi connectivity index (χ3v) is 1.23. The Bertz CT molecular complexity index is 148. The van der Waals surface area contributed by atoms with Gasteiger partial charge in [-0.15, -0.1) is 0 Å². The molecule has 0 saturated carbocycles. The van der Waals surface area contributed by atoms with E-state index >= 15 is 0 Å². The average molecular weight is 141 g/mol. The van der Waals surface area contributed by atoms with Gasteiger partial charge in [-0.2, -0.15) is 5.26 Å². The van der Waals surface area contributed by atoms with Crippen LogP contribution in [-0.4, -0.2) is 19.5 Å². The van der Waals surface area contributed by atoms with Gasteiger partial charge in [-0.05, 0) is 6.92 Å². The van der Waals surface area contributed by atoms with Crippen LogP contribution >= 0.6 is 0 Å². The molecular formula is C7H11NO2. The van der Waals surface area contributed by atoms with E-state index < -0.39 is 5.92 Å². The molecule has 0 aliphatic rings. The van der Waals surface area contributed by atoms with Crippen LogP contribution in [0, 0.1) is 17.2 Å². The van der Waals surface area contributed by atoms with Crippen molar-refractivity contribution in [3.8, 4) is 6.07 Å². The van der Waals surface area contributed by atoms with Crippen LogP contribution in [0.3, 0.4) is 0 Å². The van der Waals surface area contributed by atoms with E-state index in [-0.39, 0.29) is 5.78 Å². The Morgan fingerprint density at radius 2 is 2.40 bits per heavy atom. The van der Waals surface area contributed by atoms with Crippen LogP contribution in [0.2, 0.25) is 0 Å². The predicted molar refractivity (Wildman–Crippen MR) is 36.3 cm³/mol. The third-order valence-electron chi connectivity index (χ3n) is 1.23. The average Bonchev–Trinajstić information content (AvgIpc) is 1.98. The second kappa shape index (κ2) is 4.95. The predicted octanol–water partition coefficient (Wildman–Crippen LogP) is 0.752. The number of ketones is 1. The molecule has 0 heterocycles. The lowest BCUT2D eigenvalue weighted by Gasteiger charge is -1.99. The number of nitriles is 1. The largest absolute Gasteiger partial charge is 0.384 e. The summed E-state index contributed by atoms with van der Waals surface area (Å²) in [4.78, 5) is 10.8. The van der Waals surface area contributed by atoms with Gasteiger partial charge in [0.25, 0.3) is 0 Å². The number of hydrogen-bond acceptors (Lipinski definition) is 3. The van der Waals surface area contributed by atoms with Gasteiger partial charge in [0.05, 0.1) is 12.7 Å². The van der Waals surface area contributed by atoms with Crippen LogP contribution in [0.15, 0.2) is 0 Å². The highest BCUT2D eigenvalue weighted by Crippen LogP contribution is 1.97. The van der Waals surface area contributed by atoms with E-state index in [9.17, 15) is 4.79 Å². The molecule has 0 spiro atoms. The van der Waals surface area contributed by atoms with Crippen LogP contribution < -0.4 is 0 Å². The second-order valence-corrected chi connectivity index (χ2v) is 2.06. The van der Waals surface area contributed by atoms with Gasteiger partial charge in [-0.3, -0.25) is 4.79 Å². The Hall–Kier alpha value is -0.880. The minimum atomic E-state index is -0.491. The molecule has 3 nitrogen and oxygen atoms in total. The van der Waals surface area contributed by atoms with Crippen LogP contribution in [0.5, 0.6) is 0 Å². The van der Waals surface area contributed by atoms with Crippen molar-refractivity contribution in [2.24, 2.45) is 5.92 Å². The number of hydrogen-bond donors (Lipinski definition) is 0. The fourth-order valence-electron chi connectivity index (χ4n) is 0.491. The monoisotopic (exact) mass is 141 g/mol. The highest BCUT2D eigenvalue weighted by atomic mass is 16.5. The standard InChI is InChI=1S/C7H11NO2/c1-6(5-8)7(9)3-4-10-2/h6H,3-4H2,1-2H3. The molecule has 0 fully saturated rings. The number of Topliss-reactive ketones (excluding diaryl/α,β-unsaturated/α-hetero) is 1. The molecule has 0 aromatic carbocycles. The molecule has 0 bridgehead atoms. The molecule has 0 radical (unpaired) electrons. The smallest absolute Gasteiger partial charge is 0.152 e. The first-order valence-electron chi connectivity index (χ1n) is 3.13. The summed E-state index contributed by atoms with van der Waals surface area (Å²) in [5.74, 6) is -0.542. The van der Waals surface area contributed by atoms with Gasteiger partial charge >= 0.3 is 0 Å². The van der Waals surface area contributed by atoms with Crippen molar-refractivity contribution in [3.05, 3.63) is 0 Å². The summed E-state index contributed by atoms with van der Waals surface area (Å²) in [6, 6.07) is 1.87. The van der Waals surface area contributed by atoms with E-state index in [1.54, 1.807) is 6.92 Å². The van der Waals surface area contributed by atoms with E-state index in [1.165, 1.54) is 7.11 Å². The molecule has 0 aromatic heterocycles. The number of methoxy groups -OCH3 is 1. The Balaban J connectivity index is 3.54. The minimum absolute atomic E-state index is 0.0515. The molecule has 0 aromatic rings. The molecular weight excluding hydrogens is 130 g/mol. The molecule has 10 heavy (non-hydrogen) atoms. The summed E-state index contributed by atoms with van der Waals surface area (Å²) in [7, 11) is 1.53. The van der Waals surface area contributed by atoms with E-state index in [2.05, 4.69) is 4.74 Å². The van der Waals surface area contributed by atoms with Crippen molar-refractivity contribution in [2.45, 2.75) is 13.3 Å². The Morgan fingerprint density at radius 1 is 1.80 bits per heavy atom. The van der Waals surface area contributed by atoms with Gasteiger partial charge in [0.15, 0.2) is 5.78 Å². The van der Waals surface area contributed by atoms with Gasteiger partial charge in [0.1, 0.15) is 5.92 Å². The Labute approximate surface area is 60.6 Å². The summed E-state index contributed by atoms with van der Waals surface area (Å²) >= 11 is 0. The van der Waals surface area contributed by atoms with Gasteiger partial charge in [-0.1, -0.05) is 0 Å². The molecule has 0 amide bonds. The van der Waals surface area contributed by atoms with Crippen molar-refractivity contribution in [1.82, 2.24) is 0 Å². The summed E-state index contributed by atoms with van der Waals surface area (Å²) in [5.41, 5.74) is 0. The number of rotatable bonds is 4. The van der Waals surface area contributed by atoms with E-state index in [0.29, 0.717) is 13.0 Å².